The van der Waals surface area contributed by atoms with Crippen LogP contribution in [-0.4, -0.2) is 63.7 Å². The van der Waals surface area contributed by atoms with Gasteiger partial charge in [-0.3, -0.25) is 9.78 Å². The van der Waals surface area contributed by atoms with Crippen LogP contribution >= 0.6 is 0 Å². The number of hydrogen-bond acceptors (Lipinski definition) is 5. The zero-order valence-corrected chi connectivity index (χ0v) is 14.5. The quantitative estimate of drug-likeness (QED) is 0.824. The Labute approximate surface area is 147 Å². The molecule has 4 rings (SSSR count). The summed E-state index contributed by atoms with van der Waals surface area (Å²) in [4.78, 5) is 25.6. The number of ether oxygens (including phenoxy) is 1. The second-order valence-electron chi connectivity index (χ2n) is 6.85. The zero-order chi connectivity index (χ0) is 17.3. The van der Waals surface area contributed by atoms with Crippen LogP contribution in [0.15, 0.2) is 36.9 Å². The van der Waals surface area contributed by atoms with Crippen LogP contribution in [0, 0.1) is 0 Å². The van der Waals surface area contributed by atoms with Gasteiger partial charge in [0.1, 0.15) is 17.1 Å². The first kappa shape index (κ1) is 16.1. The Kier molecular flexibility index (Phi) is 4.17. The minimum absolute atomic E-state index is 0.0757. The van der Waals surface area contributed by atoms with Gasteiger partial charge in [0.25, 0.3) is 5.91 Å². The summed E-state index contributed by atoms with van der Waals surface area (Å²) in [5.74, 6) is 0.947. The molecule has 0 saturated carbocycles. The van der Waals surface area contributed by atoms with Gasteiger partial charge in [0.05, 0.1) is 25.9 Å². The molecule has 0 N–H and O–H groups in total. The van der Waals surface area contributed by atoms with Crippen LogP contribution in [0.3, 0.4) is 0 Å². The van der Waals surface area contributed by atoms with E-state index in [9.17, 15) is 4.79 Å². The van der Waals surface area contributed by atoms with Crippen LogP contribution in [0.5, 0.6) is 0 Å². The molecule has 0 bridgehead atoms. The van der Waals surface area contributed by atoms with E-state index in [1.54, 1.807) is 18.6 Å². The smallest absolute Gasteiger partial charge is 0.270 e. The van der Waals surface area contributed by atoms with Gasteiger partial charge in [-0.2, -0.15) is 0 Å². The highest BCUT2D eigenvalue weighted by Crippen LogP contribution is 2.31. The number of carbonyl (C=O) groups is 1. The summed E-state index contributed by atoms with van der Waals surface area (Å²) in [6.07, 6.45) is 9.06. The summed E-state index contributed by atoms with van der Waals surface area (Å²) in [7, 11) is 1.90. The third-order valence-electron chi connectivity index (χ3n) is 5.11. The highest BCUT2D eigenvalue weighted by molar-refractivity contribution is 5.92. The predicted octanol–water partition coefficient (Wildman–Crippen LogP) is 1.33. The van der Waals surface area contributed by atoms with Crippen LogP contribution < -0.4 is 4.90 Å². The molecule has 7 heteroatoms. The van der Waals surface area contributed by atoms with Crippen LogP contribution in [0.2, 0.25) is 0 Å². The molecule has 0 aromatic carbocycles. The van der Waals surface area contributed by atoms with Crippen molar-refractivity contribution in [2.24, 2.45) is 7.05 Å². The van der Waals surface area contributed by atoms with Crippen LogP contribution in [-0.2, 0) is 11.8 Å². The van der Waals surface area contributed by atoms with Crippen molar-refractivity contribution in [2.75, 3.05) is 37.7 Å². The summed E-state index contributed by atoms with van der Waals surface area (Å²) in [5.41, 5.74) is 0.396. The maximum atomic E-state index is 12.9. The molecule has 1 spiro atoms. The van der Waals surface area contributed by atoms with Crippen molar-refractivity contribution in [2.45, 2.75) is 18.4 Å². The van der Waals surface area contributed by atoms with E-state index in [-0.39, 0.29) is 11.5 Å². The summed E-state index contributed by atoms with van der Waals surface area (Å²) < 4.78 is 8.07. The standard InChI is InChI=1S/C18H23N5O2/c1-21-8-2-4-15(21)17(24)23-10-11-25-18(14-23)5-3-9-22(13-18)16-12-19-6-7-20-16/h2,4,6-8,12H,3,5,9-11,13-14H2,1H3/t18-/m0/s1. The second-order valence-corrected chi connectivity index (χ2v) is 6.85. The van der Waals surface area contributed by atoms with Gasteiger partial charge in [0, 0.05) is 38.7 Å². The molecule has 0 unspecified atom stereocenters. The van der Waals surface area contributed by atoms with Crippen molar-refractivity contribution in [3.63, 3.8) is 0 Å². The van der Waals surface area contributed by atoms with Gasteiger partial charge in [-0.25, -0.2) is 4.98 Å². The SMILES string of the molecule is Cn1cccc1C(=O)N1CCO[C@]2(CCCN(c3cnccn3)C2)C1. The number of amides is 1. The van der Waals surface area contributed by atoms with Gasteiger partial charge in [-0.15, -0.1) is 0 Å². The lowest BCUT2D eigenvalue weighted by atomic mass is 9.90. The van der Waals surface area contributed by atoms with Crippen LogP contribution in [0.25, 0.3) is 0 Å². The minimum Gasteiger partial charge on any atom is -0.369 e. The van der Waals surface area contributed by atoms with Gasteiger partial charge in [-0.1, -0.05) is 0 Å². The molecule has 2 aliphatic heterocycles. The maximum Gasteiger partial charge on any atom is 0.270 e. The number of nitrogens with zero attached hydrogens (tertiary/aromatic N) is 5. The third-order valence-corrected chi connectivity index (χ3v) is 5.11. The molecule has 0 aliphatic carbocycles. The maximum absolute atomic E-state index is 12.9. The topological polar surface area (TPSA) is 63.5 Å². The van der Waals surface area contributed by atoms with E-state index in [1.807, 2.05) is 34.8 Å². The Hall–Kier alpha value is -2.41. The first-order valence-corrected chi connectivity index (χ1v) is 8.72. The lowest BCUT2D eigenvalue weighted by molar-refractivity contribution is -0.105. The number of aryl methyl sites for hydroxylation is 1. The fraction of sp³-hybridized carbons (Fsp3) is 0.500. The van der Waals surface area contributed by atoms with Crippen LogP contribution in [0.1, 0.15) is 23.3 Å². The Balaban J connectivity index is 1.51. The molecule has 2 saturated heterocycles. The monoisotopic (exact) mass is 341 g/mol. The van der Waals surface area contributed by atoms with E-state index in [0.29, 0.717) is 19.7 Å². The van der Waals surface area contributed by atoms with E-state index < -0.39 is 0 Å². The number of hydrogen-bond donors (Lipinski definition) is 0. The number of piperidine rings is 1. The first-order valence-electron chi connectivity index (χ1n) is 8.72. The molecule has 7 nitrogen and oxygen atoms in total. The molecule has 132 valence electrons. The molecule has 2 aliphatic rings. The summed E-state index contributed by atoms with van der Waals surface area (Å²) >= 11 is 0. The van der Waals surface area contributed by atoms with Crippen molar-refractivity contribution in [1.82, 2.24) is 19.4 Å². The van der Waals surface area contributed by atoms with Gasteiger partial charge < -0.3 is 19.1 Å². The normalized spacial score (nSPS) is 23.9. The largest absolute Gasteiger partial charge is 0.369 e. The van der Waals surface area contributed by atoms with Crippen LogP contribution in [0.4, 0.5) is 5.82 Å². The van der Waals surface area contributed by atoms with Crippen molar-refractivity contribution in [1.29, 1.82) is 0 Å². The average molecular weight is 341 g/mol. The number of rotatable bonds is 2. The number of carbonyl (C=O) groups excluding carboxylic acids is 1. The zero-order valence-electron chi connectivity index (χ0n) is 14.5. The highest BCUT2D eigenvalue weighted by Gasteiger charge is 2.42. The van der Waals surface area contributed by atoms with Crippen molar-refractivity contribution in [3.05, 3.63) is 42.6 Å². The molecule has 4 heterocycles. The Bertz CT molecular complexity index is 743. The Morgan fingerprint density at radius 2 is 2.20 bits per heavy atom. The number of anilines is 1. The molecule has 2 fully saturated rings. The minimum atomic E-state index is -0.325. The van der Waals surface area contributed by atoms with Crippen molar-refractivity contribution >= 4 is 11.7 Å². The summed E-state index contributed by atoms with van der Waals surface area (Å²) in [5, 5.41) is 0. The molecular weight excluding hydrogens is 318 g/mol. The second kappa shape index (κ2) is 6.48. The Morgan fingerprint density at radius 1 is 1.28 bits per heavy atom. The van der Waals surface area contributed by atoms with E-state index in [2.05, 4.69) is 14.9 Å². The summed E-state index contributed by atoms with van der Waals surface area (Å²) in [6.45, 7) is 3.51. The third kappa shape index (κ3) is 3.11. The van der Waals surface area contributed by atoms with Crippen molar-refractivity contribution < 1.29 is 9.53 Å². The van der Waals surface area contributed by atoms with Gasteiger partial charge in [0.15, 0.2) is 0 Å². The summed E-state index contributed by atoms with van der Waals surface area (Å²) in [6, 6.07) is 3.77. The van der Waals surface area contributed by atoms with E-state index in [0.717, 1.165) is 37.4 Å². The molecule has 0 radical (unpaired) electrons. The number of aromatic nitrogens is 3. The molecular formula is C18H23N5O2. The molecule has 25 heavy (non-hydrogen) atoms. The lowest BCUT2D eigenvalue weighted by Crippen LogP contribution is -2.61. The molecule has 1 atom stereocenters. The van der Waals surface area contributed by atoms with Crippen molar-refractivity contribution in [3.8, 4) is 0 Å². The lowest BCUT2D eigenvalue weighted by Gasteiger charge is -2.48. The van der Waals surface area contributed by atoms with Gasteiger partial charge >= 0.3 is 0 Å². The van der Waals surface area contributed by atoms with E-state index in [1.165, 1.54) is 0 Å². The average Bonchev–Trinajstić information content (AvgIpc) is 3.08. The molecule has 2 aromatic heterocycles. The molecule has 1 amide bonds. The Morgan fingerprint density at radius 3 is 2.96 bits per heavy atom. The van der Waals surface area contributed by atoms with E-state index >= 15 is 0 Å². The van der Waals surface area contributed by atoms with E-state index in [4.69, 9.17) is 4.74 Å². The number of morpholine rings is 1. The van der Waals surface area contributed by atoms with Gasteiger partial charge in [-0.05, 0) is 25.0 Å². The fourth-order valence-corrected chi connectivity index (χ4v) is 3.86. The fourth-order valence-electron chi connectivity index (χ4n) is 3.86. The molecule has 2 aromatic rings. The van der Waals surface area contributed by atoms with Gasteiger partial charge in [0.2, 0.25) is 0 Å². The highest BCUT2D eigenvalue weighted by atomic mass is 16.5. The first-order chi connectivity index (χ1) is 12.2. The predicted molar refractivity (Wildman–Crippen MR) is 93.5 cm³/mol.